The molecular weight excluding hydrogens is 225 g/mol. The van der Waals surface area contributed by atoms with E-state index in [0.717, 1.165) is 0 Å². The van der Waals surface area contributed by atoms with E-state index < -0.39 is 11.9 Å². The Balaban J connectivity index is 2.91. The first kappa shape index (κ1) is 10.8. The Bertz CT molecular complexity index is 392. The fourth-order valence-corrected chi connectivity index (χ4v) is 1.13. The summed E-state index contributed by atoms with van der Waals surface area (Å²) in [6.45, 7) is 0. The first-order chi connectivity index (χ1) is 6.50. The summed E-state index contributed by atoms with van der Waals surface area (Å²) in [5.74, 6) is -0.905. The smallest absolute Gasteiger partial charge is 0.257 e. The molecule has 0 fully saturated rings. The third-order valence-corrected chi connectivity index (χ3v) is 2.17. The number of nitrogens with one attached hydrogen (secondary N) is 2. The average Bonchev–Trinajstić information content (AvgIpc) is 2.08. The van der Waals surface area contributed by atoms with Gasteiger partial charge in [0, 0.05) is 5.56 Å². The highest BCUT2D eigenvalue weighted by Crippen LogP contribution is 2.22. The number of guanidine groups is 1. The Morgan fingerprint density at radius 1 is 1.36 bits per heavy atom. The number of amides is 1. The molecule has 74 valence electrons. The number of halogens is 2. The van der Waals surface area contributed by atoms with Gasteiger partial charge in [0.2, 0.25) is 0 Å². The van der Waals surface area contributed by atoms with Crippen molar-refractivity contribution in [3.8, 4) is 0 Å². The van der Waals surface area contributed by atoms with Crippen LogP contribution >= 0.6 is 23.2 Å². The zero-order valence-electron chi connectivity index (χ0n) is 6.97. The van der Waals surface area contributed by atoms with Crippen LogP contribution in [0.15, 0.2) is 18.2 Å². The van der Waals surface area contributed by atoms with Gasteiger partial charge in [0.05, 0.1) is 10.0 Å². The van der Waals surface area contributed by atoms with E-state index in [4.69, 9.17) is 34.3 Å². The molecule has 1 aromatic rings. The summed E-state index contributed by atoms with van der Waals surface area (Å²) in [4.78, 5) is 11.3. The van der Waals surface area contributed by atoms with Crippen molar-refractivity contribution in [1.29, 1.82) is 5.41 Å². The molecule has 4 N–H and O–H groups in total. The minimum absolute atomic E-state index is 0.280. The Labute approximate surface area is 90.5 Å². The van der Waals surface area contributed by atoms with Gasteiger partial charge < -0.3 is 5.73 Å². The molecule has 0 atom stereocenters. The minimum Gasteiger partial charge on any atom is -0.370 e. The third-order valence-electron chi connectivity index (χ3n) is 1.43. The molecule has 0 heterocycles. The van der Waals surface area contributed by atoms with Gasteiger partial charge in [-0.3, -0.25) is 15.5 Å². The van der Waals surface area contributed by atoms with Crippen molar-refractivity contribution in [3.05, 3.63) is 33.8 Å². The molecule has 0 radical (unpaired) electrons. The van der Waals surface area contributed by atoms with Crippen LogP contribution in [0.2, 0.25) is 10.0 Å². The molecule has 6 heteroatoms. The molecule has 0 unspecified atom stereocenters. The van der Waals surface area contributed by atoms with Gasteiger partial charge in [-0.15, -0.1) is 0 Å². The third kappa shape index (κ3) is 2.61. The van der Waals surface area contributed by atoms with Crippen LogP contribution in [-0.4, -0.2) is 11.9 Å². The summed E-state index contributed by atoms with van der Waals surface area (Å²) >= 11 is 11.4. The highest BCUT2D eigenvalue weighted by molar-refractivity contribution is 6.42. The molecule has 1 amide bonds. The number of hydrogen-bond acceptors (Lipinski definition) is 2. The van der Waals surface area contributed by atoms with E-state index >= 15 is 0 Å². The van der Waals surface area contributed by atoms with E-state index in [9.17, 15) is 4.79 Å². The Hall–Kier alpha value is -1.26. The van der Waals surface area contributed by atoms with Crippen molar-refractivity contribution < 1.29 is 4.79 Å². The molecule has 0 aromatic heterocycles. The number of carbonyl (C=O) groups excluding carboxylic acids is 1. The predicted molar refractivity (Wildman–Crippen MR) is 55.8 cm³/mol. The van der Waals surface area contributed by atoms with Crippen molar-refractivity contribution >= 4 is 35.1 Å². The quantitative estimate of drug-likeness (QED) is 0.508. The van der Waals surface area contributed by atoms with Crippen LogP contribution in [0.1, 0.15) is 10.4 Å². The van der Waals surface area contributed by atoms with Gasteiger partial charge in [0.25, 0.3) is 5.91 Å². The van der Waals surface area contributed by atoms with E-state index in [2.05, 4.69) is 5.32 Å². The van der Waals surface area contributed by atoms with E-state index in [1.54, 1.807) is 0 Å². The Morgan fingerprint density at radius 3 is 2.50 bits per heavy atom. The van der Waals surface area contributed by atoms with Gasteiger partial charge in [-0.1, -0.05) is 23.2 Å². The van der Waals surface area contributed by atoms with E-state index in [1.165, 1.54) is 18.2 Å². The second kappa shape index (κ2) is 4.30. The number of carbonyl (C=O) groups is 1. The first-order valence-corrected chi connectivity index (χ1v) is 4.36. The fraction of sp³-hybridized carbons (Fsp3) is 0. The van der Waals surface area contributed by atoms with Crippen LogP contribution in [0.5, 0.6) is 0 Å². The standard InChI is InChI=1S/C8H7Cl2N3O/c9-5-2-1-4(3-6(5)10)7(14)13-8(11)12/h1-3H,(H4,11,12,13,14). The molecule has 0 spiro atoms. The highest BCUT2D eigenvalue weighted by atomic mass is 35.5. The normalized spacial score (nSPS) is 9.57. The molecule has 0 bridgehead atoms. The van der Waals surface area contributed by atoms with E-state index in [0.29, 0.717) is 10.6 Å². The molecule has 0 aliphatic heterocycles. The maximum Gasteiger partial charge on any atom is 0.257 e. The zero-order chi connectivity index (χ0) is 10.7. The van der Waals surface area contributed by atoms with E-state index in [1.807, 2.05) is 0 Å². The van der Waals surface area contributed by atoms with Crippen LogP contribution in [0.4, 0.5) is 0 Å². The lowest BCUT2D eigenvalue weighted by molar-refractivity contribution is 0.0976. The lowest BCUT2D eigenvalue weighted by Gasteiger charge is -2.03. The molecule has 0 aliphatic rings. The number of benzene rings is 1. The molecule has 0 aliphatic carbocycles. The van der Waals surface area contributed by atoms with Crippen molar-refractivity contribution in [3.63, 3.8) is 0 Å². The largest absolute Gasteiger partial charge is 0.370 e. The van der Waals surface area contributed by atoms with Gasteiger partial charge in [-0.2, -0.15) is 0 Å². The SMILES string of the molecule is N=C(N)NC(=O)c1ccc(Cl)c(Cl)c1. The summed E-state index contributed by atoms with van der Waals surface area (Å²) in [5.41, 5.74) is 5.29. The maximum atomic E-state index is 11.3. The average molecular weight is 232 g/mol. The monoisotopic (exact) mass is 231 g/mol. The van der Waals surface area contributed by atoms with Crippen molar-refractivity contribution in [2.24, 2.45) is 5.73 Å². The molecule has 14 heavy (non-hydrogen) atoms. The molecule has 4 nitrogen and oxygen atoms in total. The molecular formula is C8H7Cl2N3O. The summed E-state index contributed by atoms with van der Waals surface area (Å²) in [6.07, 6.45) is 0. The number of hydrogen-bond donors (Lipinski definition) is 3. The van der Waals surface area contributed by atoms with Gasteiger partial charge in [0.15, 0.2) is 5.96 Å². The first-order valence-electron chi connectivity index (χ1n) is 3.61. The zero-order valence-corrected chi connectivity index (χ0v) is 8.49. The lowest BCUT2D eigenvalue weighted by Crippen LogP contribution is -2.35. The summed E-state index contributed by atoms with van der Waals surface area (Å²) in [6, 6.07) is 4.40. The van der Waals surface area contributed by atoms with Crippen molar-refractivity contribution in [2.45, 2.75) is 0 Å². The second-order valence-corrected chi connectivity index (χ2v) is 3.31. The van der Waals surface area contributed by atoms with E-state index in [-0.39, 0.29) is 5.02 Å². The van der Waals surface area contributed by atoms with Crippen molar-refractivity contribution in [1.82, 2.24) is 5.32 Å². The van der Waals surface area contributed by atoms with Crippen LogP contribution < -0.4 is 11.1 Å². The number of nitrogens with two attached hydrogens (primary N) is 1. The van der Waals surface area contributed by atoms with Crippen LogP contribution in [-0.2, 0) is 0 Å². The minimum atomic E-state index is -0.490. The van der Waals surface area contributed by atoms with Crippen LogP contribution in [0.25, 0.3) is 0 Å². The summed E-state index contributed by atoms with van der Waals surface area (Å²) in [5, 5.41) is 9.63. The van der Waals surface area contributed by atoms with Crippen LogP contribution in [0, 0.1) is 5.41 Å². The lowest BCUT2D eigenvalue weighted by atomic mass is 10.2. The van der Waals surface area contributed by atoms with Gasteiger partial charge in [0.1, 0.15) is 0 Å². The topological polar surface area (TPSA) is 79.0 Å². The van der Waals surface area contributed by atoms with Gasteiger partial charge in [-0.25, -0.2) is 0 Å². The fourth-order valence-electron chi connectivity index (χ4n) is 0.832. The number of rotatable bonds is 1. The molecule has 1 aromatic carbocycles. The van der Waals surface area contributed by atoms with Gasteiger partial charge >= 0.3 is 0 Å². The predicted octanol–water partition coefficient (Wildman–Crippen LogP) is 1.62. The molecule has 0 saturated heterocycles. The molecule has 0 saturated carbocycles. The summed E-state index contributed by atoms with van der Waals surface area (Å²) < 4.78 is 0. The van der Waals surface area contributed by atoms with Crippen molar-refractivity contribution in [2.75, 3.05) is 0 Å². The summed E-state index contributed by atoms with van der Waals surface area (Å²) in [7, 11) is 0. The molecule has 1 rings (SSSR count). The Kier molecular flexibility index (Phi) is 3.33. The van der Waals surface area contributed by atoms with Crippen LogP contribution in [0.3, 0.4) is 0 Å². The van der Waals surface area contributed by atoms with Gasteiger partial charge in [-0.05, 0) is 18.2 Å². The highest BCUT2D eigenvalue weighted by Gasteiger charge is 2.07. The maximum absolute atomic E-state index is 11.3. The second-order valence-electron chi connectivity index (χ2n) is 2.50. The Morgan fingerprint density at radius 2 is 2.00 bits per heavy atom.